The third kappa shape index (κ3) is 2.89. The van der Waals surface area contributed by atoms with Crippen molar-refractivity contribution in [3.05, 3.63) is 71.7 Å². The van der Waals surface area contributed by atoms with Crippen molar-refractivity contribution in [3.63, 3.8) is 0 Å². The smallest absolute Gasteiger partial charge is 0.270 e. The Balaban J connectivity index is 1.88. The van der Waals surface area contributed by atoms with Gasteiger partial charge in [0.25, 0.3) is 5.91 Å². The molecule has 0 fully saturated rings. The first kappa shape index (κ1) is 13.2. The van der Waals surface area contributed by atoms with Crippen molar-refractivity contribution in [2.45, 2.75) is 13.5 Å². The van der Waals surface area contributed by atoms with E-state index in [0.717, 1.165) is 16.5 Å². The minimum absolute atomic E-state index is 0.180. The highest BCUT2D eigenvalue weighted by molar-refractivity contribution is 6.04. The molecule has 0 bridgehead atoms. The highest BCUT2D eigenvalue weighted by Crippen LogP contribution is 2.15. The van der Waals surface area contributed by atoms with E-state index in [2.05, 4.69) is 15.3 Å². The predicted octanol–water partition coefficient (Wildman–Crippen LogP) is 2.87. The molecule has 0 radical (unpaired) electrons. The molecule has 0 atom stereocenters. The van der Waals surface area contributed by atoms with E-state index in [0.29, 0.717) is 18.1 Å². The second-order valence-corrected chi connectivity index (χ2v) is 4.80. The maximum atomic E-state index is 12.4. The Morgan fingerprint density at radius 1 is 1.00 bits per heavy atom. The summed E-state index contributed by atoms with van der Waals surface area (Å²) in [6.45, 7) is 2.28. The summed E-state index contributed by atoms with van der Waals surface area (Å²) in [5.41, 5.74) is 2.27. The summed E-state index contributed by atoms with van der Waals surface area (Å²) in [4.78, 5) is 21.0. The maximum absolute atomic E-state index is 12.4. The van der Waals surface area contributed by atoms with Crippen LogP contribution in [0.1, 0.15) is 21.9 Å². The lowest BCUT2D eigenvalue weighted by Crippen LogP contribution is -2.24. The van der Waals surface area contributed by atoms with Crippen molar-refractivity contribution in [2.75, 3.05) is 0 Å². The van der Waals surface area contributed by atoms with E-state index in [1.807, 2.05) is 54.6 Å². The van der Waals surface area contributed by atoms with E-state index in [9.17, 15) is 4.79 Å². The molecule has 0 aliphatic carbocycles. The van der Waals surface area contributed by atoms with Crippen molar-refractivity contribution < 1.29 is 4.79 Å². The molecule has 4 heteroatoms. The molecule has 1 aromatic heterocycles. The molecule has 0 saturated heterocycles. The lowest BCUT2D eigenvalue weighted by molar-refractivity contribution is 0.0947. The molecule has 0 unspecified atom stereocenters. The summed E-state index contributed by atoms with van der Waals surface area (Å²) in [6.07, 6.45) is 0. The zero-order valence-electron chi connectivity index (χ0n) is 11.7. The van der Waals surface area contributed by atoms with Crippen LogP contribution < -0.4 is 5.32 Å². The Morgan fingerprint density at radius 2 is 1.71 bits per heavy atom. The Hall–Kier alpha value is -2.75. The number of nitrogens with one attached hydrogen (secondary N) is 1. The molecule has 0 spiro atoms. The summed E-state index contributed by atoms with van der Waals surface area (Å²) >= 11 is 0. The van der Waals surface area contributed by atoms with Gasteiger partial charge in [0.2, 0.25) is 0 Å². The third-order valence-electron chi connectivity index (χ3n) is 3.23. The number of aromatic nitrogens is 2. The van der Waals surface area contributed by atoms with Gasteiger partial charge in [-0.3, -0.25) is 4.79 Å². The van der Waals surface area contributed by atoms with Crippen LogP contribution in [0.25, 0.3) is 10.9 Å². The number of benzene rings is 2. The van der Waals surface area contributed by atoms with E-state index in [-0.39, 0.29) is 5.91 Å². The molecular formula is C17H15N3O. The van der Waals surface area contributed by atoms with Crippen molar-refractivity contribution in [1.82, 2.24) is 15.3 Å². The first-order valence-electron chi connectivity index (χ1n) is 6.79. The monoisotopic (exact) mass is 277 g/mol. The second-order valence-electron chi connectivity index (χ2n) is 4.80. The van der Waals surface area contributed by atoms with E-state index < -0.39 is 0 Å². The van der Waals surface area contributed by atoms with Gasteiger partial charge in [-0.25, -0.2) is 9.97 Å². The van der Waals surface area contributed by atoms with Gasteiger partial charge in [-0.15, -0.1) is 0 Å². The molecule has 4 nitrogen and oxygen atoms in total. The molecule has 0 aliphatic rings. The van der Waals surface area contributed by atoms with Gasteiger partial charge in [-0.05, 0) is 18.6 Å². The number of hydrogen-bond acceptors (Lipinski definition) is 3. The van der Waals surface area contributed by atoms with Crippen LogP contribution in [0.3, 0.4) is 0 Å². The topological polar surface area (TPSA) is 54.9 Å². The molecular weight excluding hydrogens is 262 g/mol. The average molecular weight is 277 g/mol. The zero-order valence-corrected chi connectivity index (χ0v) is 11.7. The summed E-state index contributed by atoms with van der Waals surface area (Å²) < 4.78 is 0. The second kappa shape index (κ2) is 5.71. The normalized spacial score (nSPS) is 10.5. The SMILES string of the molecule is Cc1nc(C(=O)NCc2ccccc2)c2ccccc2n1. The first-order valence-corrected chi connectivity index (χ1v) is 6.79. The summed E-state index contributed by atoms with van der Waals surface area (Å²) in [7, 11) is 0. The molecule has 3 rings (SSSR count). The van der Waals surface area contributed by atoms with E-state index in [1.54, 1.807) is 6.92 Å². The van der Waals surface area contributed by atoms with E-state index in [1.165, 1.54) is 0 Å². The fourth-order valence-corrected chi connectivity index (χ4v) is 2.23. The van der Waals surface area contributed by atoms with Crippen LogP contribution in [0.4, 0.5) is 0 Å². The van der Waals surface area contributed by atoms with Gasteiger partial charge in [0, 0.05) is 11.9 Å². The van der Waals surface area contributed by atoms with Crippen LogP contribution >= 0.6 is 0 Å². The summed E-state index contributed by atoms with van der Waals surface area (Å²) in [5.74, 6) is 0.416. The van der Waals surface area contributed by atoms with Gasteiger partial charge in [0.05, 0.1) is 5.52 Å². The number of hydrogen-bond donors (Lipinski definition) is 1. The van der Waals surface area contributed by atoms with Crippen LogP contribution in [0.2, 0.25) is 0 Å². The van der Waals surface area contributed by atoms with Gasteiger partial charge >= 0.3 is 0 Å². The Morgan fingerprint density at radius 3 is 2.52 bits per heavy atom. The molecule has 3 aromatic rings. The van der Waals surface area contributed by atoms with Gasteiger partial charge in [-0.1, -0.05) is 48.5 Å². The number of para-hydroxylation sites is 1. The largest absolute Gasteiger partial charge is 0.347 e. The minimum Gasteiger partial charge on any atom is -0.347 e. The fourth-order valence-electron chi connectivity index (χ4n) is 2.23. The van der Waals surface area contributed by atoms with E-state index >= 15 is 0 Å². The minimum atomic E-state index is -0.180. The quantitative estimate of drug-likeness (QED) is 0.801. The van der Waals surface area contributed by atoms with Crippen LogP contribution in [-0.2, 0) is 6.54 Å². The van der Waals surface area contributed by atoms with Gasteiger partial charge in [-0.2, -0.15) is 0 Å². The fraction of sp³-hybridized carbons (Fsp3) is 0.118. The van der Waals surface area contributed by atoms with Crippen LogP contribution in [0.15, 0.2) is 54.6 Å². The molecule has 1 amide bonds. The van der Waals surface area contributed by atoms with E-state index in [4.69, 9.17) is 0 Å². The van der Waals surface area contributed by atoms with Gasteiger partial charge in [0.1, 0.15) is 11.5 Å². The van der Waals surface area contributed by atoms with Crippen LogP contribution in [-0.4, -0.2) is 15.9 Å². The first-order chi connectivity index (χ1) is 10.2. The van der Waals surface area contributed by atoms with Gasteiger partial charge in [0.15, 0.2) is 0 Å². The number of fused-ring (bicyclic) bond motifs is 1. The zero-order chi connectivity index (χ0) is 14.7. The lowest BCUT2D eigenvalue weighted by Gasteiger charge is -2.08. The predicted molar refractivity (Wildman–Crippen MR) is 81.9 cm³/mol. The molecule has 21 heavy (non-hydrogen) atoms. The van der Waals surface area contributed by atoms with Crippen molar-refractivity contribution in [2.24, 2.45) is 0 Å². The molecule has 0 saturated carbocycles. The highest BCUT2D eigenvalue weighted by Gasteiger charge is 2.13. The lowest BCUT2D eigenvalue weighted by atomic mass is 10.1. The van der Waals surface area contributed by atoms with Crippen molar-refractivity contribution >= 4 is 16.8 Å². The number of carbonyl (C=O) groups excluding carboxylic acids is 1. The summed E-state index contributed by atoms with van der Waals surface area (Å²) in [6, 6.07) is 17.3. The number of nitrogens with zero attached hydrogens (tertiary/aromatic N) is 2. The molecule has 1 N–H and O–H groups in total. The number of amides is 1. The average Bonchev–Trinajstić information content (AvgIpc) is 2.52. The third-order valence-corrected chi connectivity index (χ3v) is 3.23. The van der Waals surface area contributed by atoms with Crippen molar-refractivity contribution in [3.8, 4) is 0 Å². The summed E-state index contributed by atoms with van der Waals surface area (Å²) in [5, 5.41) is 3.68. The highest BCUT2D eigenvalue weighted by atomic mass is 16.1. The van der Waals surface area contributed by atoms with Crippen molar-refractivity contribution in [1.29, 1.82) is 0 Å². The maximum Gasteiger partial charge on any atom is 0.270 e. The standard InChI is InChI=1S/C17H15N3O/c1-12-19-15-10-6-5-9-14(15)16(20-12)17(21)18-11-13-7-3-2-4-8-13/h2-10H,11H2,1H3,(H,18,21). The molecule has 1 heterocycles. The molecule has 104 valence electrons. The van der Waals surface area contributed by atoms with Crippen LogP contribution in [0.5, 0.6) is 0 Å². The van der Waals surface area contributed by atoms with Gasteiger partial charge < -0.3 is 5.32 Å². The molecule has 2 aromatic carbocycles. The molecule has 0 aliphatic heterocycles. The Kier molecular flexibility index (Phi) is 3.60. The Labute approximate surface area is 122 Å². The number of aryl methyl sites for hydroxylation is 1. The number of rotatable bonds is 3. The Bertz CT molecular complexity index is 784. The van der Waals surface area contributed by atoms with Crippen LogP contribution in [0, 0.1) is 6.92 Å². The number of carbonyl (C=O) groups is 1.